The van der Waals surface area contributed by atoms with Gasteiger partial charge in [0.15, 0.2) is 11.6 Å². The monoisotopic (exact) mass is 337 g/mol. The van der Waals surface area contributed by atoms with E-state index in [9.17, 15) is 18.4 Å². The van der Waals surface area contributed by atoms with Crippen LogP contribution in [0.4, 0.5) is 8.78 Å². The lowest BCUT2D eigenvalue weighted by molar-refractivity contribution is 0.0524. The summed E-state index contributed by atoms with van der Waals surface area (Å²) in [4.78, 5) is 24.6. The lowest BCUT2D eigenvalue weighted by atomic mass is 10.1. The number of esters is 1. The normalized spacial score (nSPS) is 14.0. The first-order valence-corrected chi connectivity index (χ1v) is 7.86. The molecule has 1 aromatic carbocycles. The Morgan fingerprint density at radius 2 is 1.96 bits per heavy atom. The highest BCUT2D eigenvalue weighted by atomic mass is 19.2. The molecule has 0 amide bonds. The Labute approximate surface area is 136 Å². The van der Waals surface area contributed by atoms with Crippen molar-refractivity contribution in [2.24, 2.45) is 0 Å². The number of benzene rings is 1. The Morgan fingerprint density at radius 1 is 1.25 bits per heavy atom. The summed E-state index contributed by atoms with van der Waals surface area (Å²) in [5, 5.41) is -0.0881. The molecule has 3 rings (SSSR count). The van der Waals surface area contributed by atoms with Crippen LogP contribution >= 0.6 is 0 Å². The smallest absolute Gasteiger partial charge is 0.343 e. The number of hydrogen-bond acceptors (Lipinski definition) is 4. The third kappa shape index (κ3) is 2.64. The number of carbonyl (C=O) groups is 1. The van der Waals surface area contributed by atoms with Gasteiger partial charge in [0.1, 0.15) is 5.56 Å². The maximum atomic E-state index is 14.6. The molecule has 1 fully saturated rings. The molecule has 5 nitrogen and oxygen atoms in total. The summed E-state index contributed by atoms with van der Waals surface area (Å²) < 4.78 is 40.2. The van der Waals surface area contributed by atoms with Crippen molar-refractivity contribution in [1.29, 1.82) is 0 Å². The van der Waals surface area contributed by atoms with Crippen LogP contribution < -0.4 is 10.2 Å². The number of halogens is 2. The van der Waals surface area contributed by atoms with Crippen LogP contribution in [0.5, 0.6) is 5.75 Å². The van der Waals surface area contributed by atoms with Crippen LogP contribution in [-0.4, -0.2) is 23.8 Å². The summed E-state index contributed by atoms with van der Waals surface area (Å²) in [6.45, 7) is 3.48. The molecular weight excluding hydrogens is 320 g/mol. The highest BCUT2D eigenvalue weighted by Gasteiger charge is 2.30. The third-order valence-electron chi connectivity index (χ3n) is 3.90. The molecule has 0 spiro atoms. The van der Waals surface area contributed by atoms with E-state index in [0.717, 1.165) is 18.9 Å². The number of carbonyl (C=O) groups excluding carboxylic acids is 1. The number of pyridine rings is 1. The van der Waals surface area contributed by atoms with Crippen molar-refractivity contribution < 1.29 is 23.0 Å². The second-order valence-corrected chi connectivity index (χ2v) is 5.56. The molecule has 1 aliphatic carbocycles. The van der Waals surface area contributed by atoms with Gasteiger partial charge in [0, 0.05) is 12.2 Å². The summed E-state index contributed by atoms with van der Waals surface area (Å²) in [6.07, 6.45) is 2.81. The molecule has 1 aliphatic rings. The molecule has 0 bridgehead atoms. The molecule has 0 atom stereocenters. The number of aromatic nitrogens is 1. The van der Waals surface area contributed by atoms with Gasteiger partial charge >= 0.3 is 5.97 Å². The average molecular weight is 337 g/mol. The van der Waals surface area contributed by atoms with Crippen LogP contribution in [0.25, 0.3) is 10.9 Å². The minimum absolute atomic E-state index is 0.0619. The second kappa shape index (κ2) is 6.22. The fraction of sp³-hybridized carbons (Fsp3) is 0.412. The van der Waals surface area contributed by atoms with E-state index in [1.807, 2.05) is 0 Å². The van der Waals surface area contributed by atoms with E-state index in [1.54, 1.807) is 13.8 Å². The summed E-state index contributed by atoms with van der Waals surface area (Å²) in [7, 11) is 0. The van der Waals surface area contributed by atoms with Gasteiger partial charge in [-0.25, -0.2) is 9.18 Å². The zero-order valence-corrected chi connectivity index (χ0v) is 13.4. The van der Waals surface area contributed by atoms with Crippen molar-refractivity contribution in [2.75, 3.05) is 13.2 Å². The summed E-state index contributed by atoms with van der Waals surface area (Å²) in [5.41, 5.74) is -1.03. The van der Waals surface area contributed by atoms with E-state index >= 15 is 0 Å². The molecule has 0 aliphatic heterocycles. The SMILES string of the molecule is CCOC(=O)c1cn(C2CC2)c2c(F)c(F)c(OCC)cc2c1=O. The Kier molecular flexibility index (Phi) is 4.26. The van der Waals surface area contributed by atoms with E-state index in [0.29, 0.717) is 0 Å². The van der Waals surface area contributed by atoms with Gasteiger partial charge in [-0.2, -0.15) is 4.39 Å². The van der Waals surface area contributed by atoms with Crippen molar-refractivity contribution in [3.8, 4) is 5.75 Å². The van der Waals surface area contributed by atoms with Gasteiger partial charge in [-0.3, -0.25) is 4.79 Å². The van der Waals surface area contributed by atoms with Gasteiger partial charge in [0.2, 0.25) is 11.2 Å². The van der Waals surface area contributed by atoms with Crippen molar-refractivity contribution in [3.05, 3.63) is 39.7 Å². The standard InChI is InChI=1S/C17H17F2NO4/c1-3-23-12-7-10-15(14(19)13(12)18)20(9-5-6-9)8-11(16(10)21)17(22)24-4-2/h7-9H,3-6H2,1-2H3. The first-order valence-electron chi connectivity index (χ1n) is 7.86. The molecule has 0 radical (unpaired) electrons. The minimum Gasteiger partial charge on any atom is -0.491 e. The van der Waals surface area contributed by atoms with Gasteiger partial charge in [-0.05, 0) is 32.8 Å². The molecule has 24 heavy (non-hydrogen) atoms. The third-order valence-corrected chi connectivity index (χ3v) is 3.90. The van der Waals surface area contributed by atoms with E-state index in [2.05, 4.69) is 0 Å². The molecule has 1 heterocycles. The van der Waals surface area contributed by atoms with Crippen LogP contribution in [-0.2, 0) is 4.74 Å². The van der Waals surface area contributed by atoms with Crippen molar-refractivity contribution in [2.45, 2.75) is 32.7 Å². The molecule has 128 valence electrons. The molecule has 7 heteroatoms. The van der Waals surface area contributed by atoms with E-state index in [4.69, 9.17) is 9.47 Å². The van der Waals surface area contributed by atoms with Gasteiger partial charge in [0.25, 0.3) is 0 Å². The van der Waals surface area contributed by atoms with Gasteiger partial charge in [-0.15, -0.1) is 0 Å². The number of hydrogen-bond donors (Lipinski definition) is 0. The molecule has 0 N–H and O–H groups in total. The minimum atomic E-state index is -1.14. The van der Waals surface area contributed by atoms with Crippen LogP contribution in [0.2, 0.25) is 0 Å². The predicted molar refractivity (Wildman–Crippen MR) is 83.5 cm³/mol. The van der Waals surface area contributed by atoms with E-state index in [1.165, 1.54) is 10.8 Å². The first-order chi connectivity index (χ1) is 11.5. The summed E-state index contributed by atoms with van der Waals surface area (Å²) >= 11 is 0. The summed E-state index contributed by atoms with van der Waals surface area (Å²) in [6, 6.07) is 1.09. The Balaban J connectivity index is 2.34. The Morgan fingerprint density at radius 3 is 2.54 bits per heavy atom. The van der Waals surface area contributed by atoms with Crippen molar-refractivity contribution >= 4 is 16.9 Å². The molecule has 0 saturated heterocycles. The van der Waals surface area contributed by atoms with Crippen LogP contribution in [0.1, 0.15) is 43.1 Å². The highest BCUT2D eigenvalue weighted by Crippen LogP contribution is 2.39. The highest BCUT2D eigenvalue weighted by molar-refractivity contribution is 5.94. The van der Waals surface area contributed by atoms with E-state index < -0.39 is 23.0 Å². The van der Waals surface area contributed by atoms with Gasteiger partial charge < -0.3 is 14.0 Å². The number of ether oxygens (including phenoxy) is 2. The van der Waals surface area contributed by atoms with Gasteiger partial charge in [0.05, 0.1) is 24.1 Å². The lowest BCUT2D eigenvalue weighted by Crippen LogP contribution is -2.21. The largest absolute Gasteiger partial charge is 0.491 e. The second-order valence-electron chi connectivity index (χ2n) is 5.56. The average Bonchev–Trinajstić information content (AvgIpc) is 3.38. The van der Waals surface area contributed by atoms with Crippen molar-refractivity contribution in [1.82, 2.24) is 4.57 Å². The predicted octanol–water partition coefficient (Wildman–Crippen LogP) is 3.19. The fourth-order valence-corrected chi connectivity index (χ4v) is 2.68. The molecule has 0 unspecified atom stereocenters. The fourth-order valence-electron chi connectivity index (χ4n) is 2.68. The first kappa shape index (κ1) is 16.4. The van der Waals surface area contributed by atoms with Gasteiger partial charge in [-0.1, -0.05) is 0 Å². The molecule has 1 aromatic heterocycles. The van der Waals surface area contributed by atoms with Crippen LogP contribution in [0.15, 0.2) is 17.1 Å². The topological polar surface area (TPSA) is 57.5 Å². The van der Waals surface area contributed by atoms with Crippen LogP contribution in [0, 0.1) is 11.6 Å². The zero-order valence-electron chi connectivity index (χ0n) is 13.4. The Bertz CT molecular complexity index is 871. The molecule has 1 saturated carbocycles. The summed E-state index contributed by atoms with van der Waals surface area (Å²) in [5.74, 6) is -3.40. The number of fused-ring (bicyclic) bond motifs is 1. The molecule has 2 aromatic rings. The Hall–Kier alpha value is -2.44. The maximum Gasteiger partial charge on any atom is 0.343 e. The van der Waals surface area contributed by atoms with Crippen molar-refractivity contribution in [3.63, 3.8) is 0 Å². The number of rotatable bonds is 5. The number of nitrogens with zero attached hydrogens (tertiary/aromatic N) is 1. The zero-order chi connectivity index (χ0) is 17.4. The molecular formula is C17H17F2NO4. The van der Waals surface area contributed by atoms with E-state index in [-0.39, 0.29) is 41.5 Å². The maximum absolute atomic E-state index is 14.6. The quantitative estimate of drug-likeness (QED) is 0.786. The lowest BCUT2D eigenvalue weighted by Gasteiger charge is -2.15. The van der Waals surface area contributed by atoms with Crippen LogP contribution in [0.3, 0.4) is 0 Å².